The Morgan fingerprint density at radius 1 is 1.20 bits per heavy atom. The fourth-order valence-corrected chi connectivity index (χ4v) is 3.04. The van der Waals surface area contributed by atoms with E-state index in [1.807, 2.05) is 4.98 Å². The summed E-state index contributed by atoms with van der Waals surface area (Å²) in [6.45, 7) is -0.860. The standard InChI is InChI=1S/C9H14N2O12P2/c12-5-1-2-11(9(14)10-5)8-7(23-25(18,19)20)6(13)4(22-8)3-21-24(15,16)17/h1-2,4,6-8,13H,3H2,(H,10,12,14)(H2,15,16,17)(H2,18,19,20)/t4-,6?,7?,8-/m0/s1. The summed E-state index contributed by atoms with van der Waals surface area (Å²) in [6.07, 6.45) is -5.79. The van der Waals surface area contributed by atoms with Crippen molar-refractivity contribution >= 4 is 15.6 Å². The van der Waals surface area contributed by atoms with Gasteiger partial charge in [-0.3, -0.25) is 23.4 Å². The molecule has 0 saturated carbocycles. The second kappa shape index (κ2) is 7.21. The van der Waals surface area contributed by atoms with E-state index in [1.54, 1.807) is 0 Å². The Labute approximate surface area is 138 Å². The van der Waals surface area contributed by atoms with Gasteiger partial charge < -0.3 is 29.4 Å². The summed E-state index contributed by atoms with van der Waals surface area (Å²) < 4.78 is 36.3. The van der Waals surface area contributed by atoms with Crippen LogP contribution in [0.25, 0.3) is 0 Å². The molecule has 0 amide bonds. The number of aliphatic hydroxyl groups is 1. The number of hydrogen-bond acceptors (Lipinski definition) is 8. The summed E-state index contributed by atoms with van der Waals surface area (Å²) in [5.74, 6) is 0. The number of H-pyrrole nitrogens is 1. The molecule has 0 bridgehead atoms. The third-order valence-electron chi connectivity index (χ3n) is 3.10. The zero-order valence-electron chi connectivity index (χ0n) is 12.1. The molecule has 0 aromatic carbocycles. The number of aliphatic hydroxyl groups excluding tert-OH is 1. The van der Waals surface area contributed by atoms with Crippen LogP contribution in [-0.4, -0.2) is 59.2 Å². The van der Waals surface area contributed by atoms with Crippen molar-refractivity contribution in [2.24, 2.45) is 0 Å². The average molecular weight is 404 g/mol. The van der Waals surface area contributed by atoms with Gasteiger partial charge in [-0.1, -0.05) is 0 Å². The van der Waals surface area contributed by atoms with Gasteiger partial charge in [-0.05, 0) is 0 Å². The predicted molar refractivity (Wildman–Crippen MR) is 76.2 cm³/mol. The highest BCUT2D eigenvalue weighted by Gasteiger charge is 2.49. The van der Waals surface area contributed by atoms with E-state index < -0.39 is 58.0 Å². The minimum Gasteiger partial charge on any atom is -0.387 e. The number of phosphoric ester groups is 2. The van der Waals surface area contributed by atoms with Gasteiger partial charge in [-0.2, -0.15) is 0 Å². The lowest BCUT2D eigenvalue weighted by molar-refractivity contribution is -0.0536. The molecule has 4 atom stereocenters. The Kier molecular flexibility index (Phi) is 5.81. The van der Waals surface area contributed by atoms with Crippen molar-refractivity contribution in [3.8, 4) is 0 Å². The molecule has 1 saturated heterocycles. The van der Waals surface area contributed by atoms with Crippen LogP contribution in [0.5, 0.6) is 0 Å². The second-order valence-electron chi connectivity index (χ2n) is 4.92. The maximum Gasteiger partial charge on any atom is 0.470 e. The number of nitrogens with zero attached hydrogens (tertiary/aromatic N) is 1. The lowest BCUT2D eigenvalue weighted by Crippen LogP contribution is -2.38. The Bertz CT molecular complexity index is 822. The minimum absolute atomic E-state index is 0.683. The van der Waals surface area contributed by atoms with Crippen molar-refractivity contribution in [3.63, 3.8) is 0 Å². The Morgan fingerprint density at radius 3 is 2.36 bits per heavy atom. The molecule has 1 aromatic rings. The summed E-state index contributed by atoms with van der Waals surface area (Å²) in [4.78, 5) is 60.0. The Balaban J connectivity index is 2.34. The van der Waals surface area contributed by atoms with Crippen molar-refractivity contribution < 1.29 is 47.6 Å². The Hall–Kier alpha value is -1.18. The van der Waals surface area contributed by atoms with Crippen LogP contribution in [0.2, 0.25) is 0 Å². The fourth-order valence-electron chi connectivity index (χ4n) is 2.15. The first-order valence-corrected chi connectivity index (χ1v) is 9.52. The van der Waals surface area contributed by atoms with Gasteiger partial charge in [-0.15, -0.1) is 0 Å². The fraction of sp³-hybridized carbons (Fsp3) is 0.556. The van der Waals surface area contributed by atoms with E-state index in [4.69, 9.17) is 24.3 Å². The number of phosphoric acid groups is 2. The summed E-state index contributed by atoms with van der Waals surface area (Å²) in [6, 6.07) is 0.908. The van der Waals surface area contributed by atoms with Gasteiger partial charge in [0.15, 0.2) is 6.23 Å². The number of ether oxygens (including phenoxy) is 1. The number of rotatable bonds is 6. The largest absolute Gasteiger partial charge is 0.470 e. The molecule has 25 heavy (non-hydrogen) atoms. The molecule has 1 fully saturated rings. The van der Waals surface area contributed by atoms with Crippen LogP contribution in [0.4, 0.5) is 0 Å². The van der Waals surface area contributed by atoms with E-state index >= 15 is 0 Å². The van der Waals surface area contributed by atoms with Gasteiger partial charge >= 0.3 is 21.3 Å². The molecule has 0 spiro atoms. The van der Waals surface area contributed by atoms with Crippen molar-refractivity contribution in [2.75, 3.05) is 6.61 Å². The zero-order valence-corrected chi connectivity index (χ0v) is 13.9. The number of aromatic nitrogens is 2. The maximum absolute atomic E-state index is 11.8. The minimum atomic E-state index is -5.13. The number of aromatic amines is 1. The predicted octanol–water partition coefficient (Wildman–Crippen LogP) is -2.62. The summed E-state index contributed by atoms with van der Waals surface area (Å²) in [5, 5.41) is 10.1. The first-order valence-electron chi connectivity index (χ1n) is 6.46. The van der Waals surface area contributed by atoms with Crippen molar-refractivity contribution in [3.05, 3.63) is 33.1 Å². The second-order valence-corrected chi connectivity index (χ2v) is 7.35. The highest BCUT2D eigenvalue weighted by molar-refractivity contribution is 7.46. The van der Waals surface area contributed by atoms with Crippen LogP contribution in [-0.2, 0) is 22.9 Å². The number of hydrogen-bond donors (Lipinski definition) is 6. The third kappa shape index (κ3) is 5.39. The van der Waals surface area contributed by atoms with Gasteiger partial charge in [0.05, 0.1) is 6.61 Å². The highest BCUT2D eigenvalue weighted by Crippen LogP contribution is 2.45. The molecule has 2 heterocycles. The van der Waals surface area contributed by atoms with E-state index in [9.17, 15) is 23.8 Å². The average Bonchev–Trinajstić information content (AvgIpc) is 2.71. The normalized spacial score (nSPS) is 27.6. The van der Waals surface area contributed by atoms with E-state index in [1.165, 1.54) is 0 Å². The lowest BCUT2D eigenvalue weighted by atomic mass is 10.1. The van der Waals surface area contributed by atoms with Crippen molar-refractivity contribution in [1.82, 2.24) is 9.55 Å². The van der Waals surface area contributed by atoms with Crippen LogP contribution in [0.3, 0.4) is 0 Å². The first-order chi connectivity index (χ1) is 11.4. The monoisotopic (exact) mass is 404 g/mol. The quantitative estimate of drug-likeness (QED) is 0.269. The summed E-state index contributed by atoms with van der Waals surface area (Å²) >= 11 is 0. The lowest BCUT2D eigenvalue weighted by Gasteiger charge is -2.22. The number of nitrogens with one attached hydrogen (secondary N) is 1. The third-order valence-corrected chi connectivity index (χ3v) is 4.11. The van der Waals surface area contributed by atoms with E-state index in [0.717, 1.165) is 12.3 Å². The molecule has 1 aliphatic rings. The SMILES string of the molecule is O=c1ccn([C@H]2O[C@@H](COP(=O)(O)O)C(O)C2OP(=O)(O)O)c(=O)[nH]1. The van der Waals surface area contributed by atoms with Gasteiger partial charge in [0, 0.05) is 12.3 Å². The molecule has 0 radical (unpaired) electrons. The molecule has 1 aromatic heterocycles. The van der Waals surface area contributed by atoms with Crippen LogP contribution >= 0.6 is 15.6 Å². The van der Waals surface area contributed by atoms with Gasteiger partial charge in [0.1, 0.15) is 18.3 Å². The Morgan fingerprint density at radius 2 is 1.84 bits per heavy atom. The van der Waals surface area contributed by atoms with Gasteiger partial charge in [0.25, 0.3) is 5.56 Å². The summed E-state index contributed by atoms with van der Waals surface area (Å²) in [7, 11) is -10.0. The van der Waals surface area contributed by atoms with Crippen molar-refractivity contribution in [2.45, 2.75) is 24.5 Å². The van der Waals surface area contributed by atoms with E-state index in [0.29, 0.717) is 4.57 Å². The first kappa shape index (κ1) is 20.1. The zero-order chi connectivity index (χ0) is 19.0. The topological polar surface area (TPSA) is 218 Å². The molecule has 2 rings (SSSR count). The molecule has 142 valence electrons. The maximum atomic E-state index is 11.8. The molecule has 16 heteroatoms. The smallest absolute Gasteiger partial charge is 0.387 e. The molecule has 14 nitrogen and oxygen atoms in total. The van der Waals surface area contributed by atoms with Crippen LogP contribution in [0.15, 0.2) is 21.9 Å². The van der Waals surface area contributed by atoms with Gasteiger partial charge in [-0.25, -0.2) is 13.9 Å². The van der Waals surface area contributed by atoms with Crippen LogP contribution < -0.4 is 11.2 Å². The molecular formula is C9H14N2O12P2. The van der Waals surface area contributed by atoms with Crippen LogP contribution in [0.1, 0.15) is 6.23 Å². The van der Waals surface area contributed by atoms with Gasteiger partial charge in [0.2, 0.25) is 0 Å². The molecule has 2 unspecified atom stereocenters. The molecular weight excluding hydrogens is 390 g/mol. The van der Waals surface area contributed by atoms with E-state index in [-0.39, 0.29) is 0 Å². The van der Waals surface area contributed by atoms with E-state index in [2.05, 4.69) is 9.05 Å². The molecule has 0 aliphatic carbocycles. The summed E-state index contributed by atoms with van der Waals surface area (Å²) in [5.41, 5.74) is -1.78. The highest BCUT2D eigenvalue weighted by atomic mass is 31.2. The molecule has 1 aliphatic heterocycles. The van der Waals surface area contributed by atoms with Crippen molar-refractivity contribution in [1.29, 1.82) is 0 Å². The molecule has 6 N–H and O–H groups in total. The van der Waals surface area contributed by atoms with Crippen LogP contribution in [0, 0.1) is 0 Å².